The van der Waals surface area contributed by atoms with Crippen molar-refractivity contribution >= 4 is 10.0 Å². The minimum Gasteiger partial charge on any atom is -0.205 e. The minimum absolute atomic E-state index is 0.0696. The maximum atomic E-state index is 12.1. The lowest BCUT2D eigenvalue weighted by atomic mass is 10.4. The number of hydrogen-bond donors (Lipinski definition) is 0. The predicted molar refractivity (Wildman–Crippen MR) is 42.2 cm³/mol. The van der Waals surface area contributed by atoms with Crippen LogP contribution >= 0.6 is 0 Å². The highest BCUT2D eigenvalue weighted by Gasteiger charge is 2.35. The molecule has 0 fully saturated rings. The zero-order valence-corrected chi connectivity index (χ0v) is 8.15. The number of nitrogens with zero attached hydrogens (tertiary/aromatic N) is 2. The van der Waals surface area contributed by atoms with Gasteiger partial charge in [0.2, 0.25) is 0 Å². The normalized spacial score (nSPS) is 13.2. The van der Waals surface area contributed by atoms with E-state index in [1.807, 2.05) is 0 Å². The zero-order chi connectivity index (χ0) is 11.1. The lowest BCUT2D eigenvalue weighted by molar-refractivity contribution is -0.141. The molecule has 0 aliphatic carbocycles. The molecule has 1 aromatic rings. The predicted octanol–water partition coefficient (Wildman–Crippen LogP) is 1.02. The average Bonchev–Trinajstić information content (AvgIpc) is 2.27. The second kappa shape index (κ2) is 2.97. The third-order valence-corrected chi connectivity index (χ3v) is 2.45. The smallest absolute Gasteiger partial charge is 0.205 e. The van der Waals surface area contributed by atoms with Crippen LogP contribution < -0.4 is 0 Å². The van der Waals surface area contributed by atoms with E-state index >= 15 is 0 Å². The molecular weight excluding hydrogens is 221 g/mol. The molecular formula is C6H7F3N2O2S. The van der Waals surface area contributed by atoms with Gasteiger partial charge in [0.1, 0.15) is 0 Å². The van der Waals surface area contributed by atoms with Gasteiger partial charge in [0.25, 0.3) is 10.0 Å². The van der Waals surface area contributed by atoms with Gasteiger partial charge >= 0.3 is 6.18 Å². The van der Waals surface area contributed by atoms with Crippen LogP contribution in [-0.2, 0) is 16.2 Å². The van der Waals surface area contributed by atoms with Crippen molar-refractivity contribution in [3.8, 4) is 0 Å². The monoisotopic (exact) mass is 228 g/mol. The molecule has 14 heavy (non-hydrogen) atoms. The van der Waals surface area contributed by atoms with Crippen molar-refractivity contribution < 1.29 is 21.6 Å². The molecule has 0 bridgehead atoms. The van der Waals surface area contributed by atoms with Crippen molar-refractivity contribution in [3.63, 3.8) is 0 Å². The fourth-order valence-electron chi connectivity index (χ4n) is 0.933. The van der Waals surface area contributed by atoms with Crippen LogP contribution in [0.25, 0.3) is 0 Å². The van der Waals surface area contributed by atoms with Crippen molar-refractivity contribution in [1.82, 2.24) is 9.19 Å². The second-order valence-electron chi connectivity index (χ2n) is 2.77. The van der Waals surface area contributed by atoms with Crippen LogP contribution in [0.5, 0.6) is 0 Å². The molecule has 0 aliphatic heterocycles. The summed E-state index contributed by atoms with van der Waals surface area (Å²) in [7, 11) is -3.77. The first kappa shape index (κ1) is 11.0. The Balaban J connectivity index is 3.33. The van der Waals surface area contributed by atoms with Gasteiger partial charge in [0.15, 0.2) is 5.69 Å². The summed E-state index contributed by atoms with van der Waals surface area (Å²) in [5, 5.41) is 2.96. The third kappa shape index (κ3) is 2.06. The molecule has 0 amide bonds. The summed E-state index contributed by atoms with van der Waals surface area (Å²) in [5.41, 5.74) is -1.28. The number of rotatable bonds is 1. The number of aryl methyl sites for hydroxylation is 1. The summed E-state index contributed by atoms with van der Waals surface area (Å²) in [6.45, 7) is 1.24. The van der Waals surface area contributed by atoms with Crippen LogP contribution in [0.3, 0.4) is 0 Å². The molecule has 1 aromatic heterocycles. The van der Waals surface area contributed by atoms with Crippen LogP contribution in [0.15, 0.2) is 6.07 Å². The Hall–Kier alpha value is -1.05. The Morgan fingerprint density at radius 2 is 1.93 bits per heavy atom. The summed E-state index contributed by atoms with van der Waals surface area (Å²) in [6.07, 6.45) is -3.84. The third-order valence-electron chi connectivity index (χ3n) is 1.45. The molecule has 0 unspecified atom stereocenters. The standard InChI is InChI=1S/C6H7F3N2O2S/c1-4-3-5(6(7,8)9)10-11(4)14(2,12)13/h3H,1-2H3. The lowest BCUT2D eigenvalue weighted by Crippen LogP contribution is -2.15. The Labute approximate surface area is 78.4 Å². The fourth-order valence-corrected chi connectivity index (χ4v) is 1.75. The number of hydrogen-bond acceptors (Lipinski definition) is 3. The van der Waals surface area contributed by atoms with E-state index in [9.17, 15) is 21.6 Å². The fraction of sp³-hybridized carbons (Fsp3) is 0.500. The van der Waals surface area contributed by atoms with Crippen molar-refractivity contribution in [1.29, 1.82) is 0 Å². The van der Waals surface area contributed by atoms with Crippen molar-refractivity contribution in [3.05, 3.63) is 17.5 Å². The largest absolute Gasteiger partial charge is 0.435 e. The van der Waals surface area contributed by atoms with E-state index in [0.29, 0.717) is 10.2 Å². The molecule has 1 heterocycles. The van der Waals surface area contributed by atoms with Crippen LogP contribution in [0, 0.1) is 6.92 Å². The van der Waals surface area contributed by atoms with Crippen molar-refractivity contribution in [2.45, 2.75) is 13.1 Å². The Kier molecular flexibility index (Phi) is 2.34. The molecule has 4 nitrogen and oxygen atoms in total. The first-order chi connectivity index (χ1) is 6.12. The summed E-state index contributed by atoms with van der Waals surface area (Å²) >= 11 is 0. The molecule has 0 saturated carbocycles. The summed E-state index contributed by atoms with van der Waals surface area (Å²) in [6, 6.07) is 0.682. The molecule has 0 radical (unpaired) electrons. The number of aromatic nitrogens is 2. The SMILES string of the molecule is Cc1cc(C(F)(F)F)nn1S(C)(=O)=O. The minimum atomic E-state index is -4.62. The quantitative estimate of drug-likeness (QED) is 0.721. The number of halogens is 3. The topological polar surface area (TPSA) is 52.0 Å². The molecule has 1 rings (SSSR count). The molecule has 0 aromatic carbocycles. The molecule has 0 atom stereocenters. The maximum Gasteiger partial charge on any atom is 0.435 e. The van der Waals surface area contributed by atoms with E-state index in [2.05, 4.69) is 5.10 Å². The molecule has 0 spiro atoms. The van der Waals surface area contributed by atoms with Crippen LogP contribution in [-0.4, -0.2) is 23.9 Å². The molecule has 0 N–H and O–H groups in total. The van der Waals surface area contributed by atoms with E-state index in [1.54, 1.807) is 0 Å². The average molecular weight is 228 g/mol. The lowest BCUT2D eigenvalue weighted by Gasteiger charge is -2.00. The van der Waals surface area contributed by atoms with Gasteiger partial charge in [-0.1, -0.05) is 0 Å². The van der Waals surface area contributed by atoms with Gasteiger partial charge in [-0.2, -0.15) is 22.4 Å². The van der Waals surface area contributed by atoms with Gasteiger partial charge in [-0.05, 0) is 13.0 Å². The molecule has 80 valence electrons. The van der Waals surface area contributed by atoms with E-state index in [0.717, 1.165) is 6.26 Å². The summed E-state index contributed by atoms with van der Waals surface area (Å²) < 4.78 is 58.5. The second-order valence-corrected chi connectivity index (χ2v) is 4.59. The zero-order valence-electron chi connectivity index (χ0n) is 7.33. The highest BCUT2D eigenvalue weighted by atomic mass is 32.2. The van der Waals surface area contributed by atoms with E-state index < -0.39 is 21.9 Å². The van der Waals surface area contributed by atoms with E-state index in [-0.39, 0.29) is 5.69 Å². The highest BCUT2D eigenvalue weighted by molar-refractivity contribution is 7.89. The van der Waals surface area contributed by atoms with Gasteiger partial charge in [-0.25, -0.2) is 8.42 Å². The van der Waals surface area contributed by atoms with E-state index in [1.165, 1.54) is 6.92 Å². The summed E-state index contributed by atoms with van der Waals surface area (Å²) in [5.74, 6) is 0. The van der Waals surface area contributed by atoms with Gasteiger partial charge < -0.3 is 0 Å². The maximum absolute atomic E-state index is 12.1. The van der Waals surface area contributed by atoms with Crippen LogP contribution in [0.4, 0.5) is 13.2 Å². The Morgan fingerprint density at radius 1 is 1.43 bits per heavy atom. The first-order valence-electron chi connectivity index (χ1n) is 3.47. The molecule has 0 saturated heterocycles. The van der Waals surface area contributed by atoms with Crippen LogP contribution in [0.2, 0.25) is 0 Å². The van der Waals surface area contributed by atoms with E-state index in [4.69, 9.17) is 0 Å². The van der Waals surface area contributed by atoms with Gasteiger partial charge in [0.05, 0.1) is 11.9 Å². The van der Waals surface area contributed by atoms with Crippen molar-refractivity contribution in [2.24, 2.45) is 0 Å². The first-order valence-corrected chi connectivity index (χ1v) is 5.31. The van der Waals surface area contributed by atoms with Crippen LogP contribution in [0.1, 0.15) is 11.4 Å². The number of alkyl halides is 3. The molecule has 0 aliphatic rings. The summed E-state index contributed by atoms with van der Waals surface area (Å²) in [4.78, 5) is 0. The van der Waals surface area contributed by atoms with Gasteiger partial charge in [-0.3, -0.25) is 0 Å². The van der Waals surface area contributed by atoms with Crippen molar-refractivity contribution in [2.75, 3.05) is 6.26 Å². The Morgan fingerprint density at radius 3 is 2.14 bits per heavy atom. The molecule has 8 heteroatoms. The highest BCUT2D eigenvalue weighted by Crippen LogP contribution is 2.28. The van der Waals surface area contributed by atoms with Gasteiger partial charge in [0, 0.05) is 0 Å². The Bertz CT molecular complexity index is 446. The van der Waals surface area contributed by atoms with Gasteiger partial charge in [-0.15, -0.1) is 0 Å².